The summed E-state index contributed by atoms with van der Waals surface area (Å²) in [5.74, 6) is -0.125. The monoisotopic (exact) mass is 220 g/mol. The summed E-state index contributed by atoms with van der Waals surface area (Å²) in [7, 11) is 0. The Hall–Kier alpha value is -1.49. The average Bonchev–Trinajstić information content (AvgIpc) is 2.78. The number of aromatic nitrogens is 3. The lowest BCUT2D eigenvalue weighted by Crippen LogP contribution is -2.29. The second-order valence-corrected chi connectivity index (χ2v) is 4.17. The first-order chi connectivity index (χ1) is 7.68. The predicted octanol–water partition coefficient (Wildman–Crippen LogP) is 0.961. The molecule has 0 spiro atoms. The van der Waals surface area contributed by atoms with Crippen LogP contribution in [0.4, 0.5) is 0 Å². The van der Waals surface area contributed by atoms with Crippen LogP contribution in [-0.2, 0) is 0 Å². The van der Waals surface area contributed by atoms with Crippen molar-refractivity contribution in [3.05, 3.63) is 24.0 Å². The number of hydrogen-bond donors (Lipinski definition) is 1. The fourth-order valence-corrected chi connectivity index (χ4v) is 1.85. The molecule has 1 aromatic rings. The minimum atomic E-state index is -0.125. The molecule has 1 saturated heterocycles. The van der Waals surface area contributed by atoms with Crippen molar-refractivity contribution in [1.29, 1.82) is 0 Å². The maximum absolute atomic E-state index is 11.6. The molecule has 5 nitrogen and oxygen atoms in total. The van der Waals surface area contributed by atoms with E-state index >= 15 is 0 Å². The first-order valence-corrected chi connectivity index (χ1v) is 5.51. The SMILES string of the molecule is C=C(C)C(=O)c1cn(C2CCNCC2)nn1. The molecule has 0 radical (unpaired) electrons. The third kappa shape index (κ3) is 2.19. The molecule has 0 aliphatic carbocycles. The molecule has 16 heavy (non-hydrogen) atoms. The van der Waals surface area contributed by atoms with Gasteiger partial charge in [-0.15, -0.1) is 5.10 Å². The van der Waals surface area contributed by atoms with Crippen molar-refractivity contribution >= 4 is 5.78 Å². The highest BCUT2D eigenvalue weighted by molar-refractivity contribution is 6.06. The van der Waals surface area contributed by atoms with Crippen LogP contribution in [-0.4, -0.2) is 33.9 Å². The Morgan fingerprint density at radius 2 is 2.25 bits per heavy atom. The molecule has 5 heteroatoms. The average molecular weight is 220 g/mol. The van der Waals surface area contributed by atoms with E-state index in [2.05, 4.69) is 22.2 Å². The number of allylic oxidation sites excluding steroid dienone is 1. The van der Waals surface area contributed by atoms with Crippen molar-refractivity contribution in [3.63, 3.8) is 0 Å². The normalized spacial score (nSPS) is 17.3. The van der Waals surface area contributed by atoms with Crippen LogP contribution in [0, 0.1) is 0 Å². The lowest BCUT2D eigenvalue weighted by Gasteiger charge is -2.22. The number of piperidine rings is 1. The van der Waals surface area contributed by atoms with E-state index in [-0.39, 0.29) is 5.78 Å². The van der Waals surface area contributed by atoms with Gasteiger partial charge < -0.3 is 5.32 Å². The zero-order valence-electron chi connectivity index (χ0n) is 9.44. The second-order valence-electron chi connectivity index (χ2n) is 4.17. The molecule has 1 aliphatic heterocycles. The van der Waals surface area contributed by atoms with Gasteiger partial charge in [0.25, 0.3) is 0 Å². The second kappa shape index (κ2) is 4.57. The van der Waals surface area contributed by atoms with Gasteiger partial charge in [0.05, 0.1) is 12.2 Å². The van der Waals surface area contributed by atoms with Gasteiger partial charge in [-0.1, -0.05) is 11.8 Å². The van der Waals surface area contributed by atoms with Crippen molar-refractivity contribution in [2.45, 2.75) is 25.8 Å². The third-order valence-electron chi connectivity index (χ3n) is 2.81. The van der Waals surface area contributed by atoms with Crippen molar-refractivity contribution in [3.8, 4) is 0 Å². The van der Waals surface area contributed by atoms with Crippen molar-refractivity contribution in [2.24, 2.45) is 0 Å². The maximum Gasteiger partial charge on any atom is 0.210 e. The van der Waals surface area contributed by atoms with E-state index in [4.69, 9.17) is 0 Å². The molecule has 1 fully saturated rings. The van der Waals surface area contributed by atoms with E-state index in [1.54, 1.807) is 17.8 Å². The van der Waals surface area contributed by atoms with Crippen LogP contribution in [0.15, 0.2) is 18.3 Å². The topological polar surface area (TPSA) is 59.8 Å². The third-order valence-corrected chi connectivity index (χ3v) is 2.81. The van der Waals surface area contributed by atoms with E-state index in [0.29, 0.717) is 17.3 Å². The van der Waals surface area contributed by atoms with Crippen LogP contribution in [0.2, 0.25) is 0 Å². The summed E-state index contributed by atoms with van der Waals surface area (Å²) in [5, 5.41) is 11.2. The van der Waals surface area contributed by atoms with Gasteiger partial charge in [-0.25, -0.2) is 4.68 Å². The summed E-state index contributed by atoms with van der Waals surface area (Å²) in [6.07, 6.45) is 3.79. The van der Waals surface area contributed by atoms with Gasteiger partial charge in [-0.05, 0) is 38.4 Å². The summed E-state index contributed by atoms with van der Waals surface area (Å²) in [5.41, 5.74) is 0.892. The molecular formula is C11H16N4O. The molecule has 86 valence electrons. The first-order valence-electron chi connectivity index (χ1n) is 5.51. The Morgan fingerprint density at radius 1 is 1.56 bits per heavy atom. The van der Waals surface area contributed by atoms with Crippen LogP contribution in [0.3, 0.4) is 0 Å². The molecule has 2 rings (SSSR count). The van der Waals surface area contributed by atoms with Crippen LogP contribution < -0.4 is 5.32 Å². The highest BCUT2D eigenvalue weighted by Crippen LogP contribution is 2.17. The molecule has 0 aromatic carbocycles. The number of rotatable bonds is 3. The molecule has 1 N–H and O–H groups in total. The number of Topliss-reactive ketones (excluding diaryl/α,β-unsaturated/α-hetero) is 1. The summed E-state index contributed by atoms with van der Waals surface area (Å²) < 4.78 is 1.80. The molecule has 1 aromatic heterocycles. The lowest BCUT2D eigenvalue weighted by atomic mass is 10.1. The van der Waals surface area contributed by atoms with Gasteiger partial charge in [0.15, 0.2) is 5.69 Å². The Labute approximate surface area is 94.5 Å². The lowest BCUT2D eigenvalue weighted by molar-refractivity contribution is 0.103. The molecule has 0 bridgehead atoms. The predicted molar refractivity (Wildman–Crippen MR) is 60.3 cm³/mol. The fourth-order valence-electron chi connectivity index (χ4n) is 1.85. The Balaban J connectivity index is 2.12. The van der Waals surface area contributed by atoms with Gasteiger partial charge in [0.2, 0.25) is 5.78 Å². The van der Waals surface area contributed by atoms with Crippen molar-refractivity contribution in [1.82, 2.24) is 20.3 Å². The Morgan fingerprint density at radius 3 is 2.88 bits per heavy atom. The number of carbonyl (C=O) groups is 1. The number of nitrogens with zero attached hydrogens (tertiary/aromatic N) is 3. The first kappa shape index (κ1) is 11.0. The molecule has 0 amide bonds. The molecule has 1 aliphatic rings. The number of hydrogen-bond acceptors (Lipinski definition) is 4. The molecular weight excluding hydrogens is 204 g/mol. The van der Waals surface area contributed by atoms with Crippen LogP contribution in [0.1, 0.15) is 36.3 Å². The minimum absolute atomic E-state index is 0.125. The van der Waals surface area contributed by atoms with Gasteiger partial charge in [0.1, 0.15) is 0 Å². The Bertz CT molecular complexity index is 404. The van der Waals surface area contributed by atoms with Gasteiger partial charge in [-0.2, -0.15) is 0 Å². The van der Waals surface area contributed by atoms with Gasteiger partial charge >= 0.3 is 0 Å². The zero-order chi connectivity index (χ0) is 11.5. The zero-order valence-corrected chi connectivity index (χ0v) is 9.44. The minimum Gasteiger partial charge on any atom is -0.317 e. The summed E-state index contributed by atoms with van der Waals surface area (Å²) >= 11 is 0. The van der Waals surface area contributed by atoms with E-state index in [1.165, 1.54) is 0 Å². The highest BCUT2D eigenvalue weighted by atomic mass is 16.1. The highest BCUT2D eigenvalue weighted by Gasteiger charge is 2.18. The van der Waals surface area contributed by atoms with Gasteiger partial charge in [0, 0.05) is 0 Å². The standard InChI is InChI=1S/C11H16N4O/c1-8(2)11(16)10-7-15(14-13-10)9-3-5-12-6-4-9/h7,9,12H,1,3-6H2,2H3. The number of ketones is 1. The fraction of sp³-hybridized carbons (Fsp3) is 0.545. The summed E-state index contributed by atoms with van der Waals surface area (Å²) in [6.45, 7) is 7.29. The largest absolute Gasteiger partial charge is 0.317 e. The van der Waals surface area contributed by atoms with E-state index in [1.807, 2.05) is 0 Å². The number of carbonyl (C=O) groups excluding carboxylic acids is 1. The number of nitrogens with one attached hydrogen (secondary N) is 1. The van der Waals surface area contributed by atoms with E-state index in [9.17, 15) is 4.79 Å². The van der Waals surface area contributed by atoms with E-state index < -0.39 is 0 Å². The van der Waals surface area contributed by atoms with Crippen molar-refractivity contribution in [2.75, 3.05) is 13.1 Å². The molecule has 0 atom stereocenters. The summed E-state index contributed by atoms with van der Waals surface area (Å²) in [4.78, 5) is 11.6. The van der Waals surface area contributed by atoms with Crippen LogP contribution >= 0.6 is 0 Å². The Kier molecular flexibility index (Phi) is 3.14. The summed E-state index contributed by atoms with van der Waals surface area (Å²) in [6, 6.07) is 0.362. The van der Waals surface area contributed by atoms with Crippen LogP contribution in [0.5, 0.6) is 0 Å². The molecule has 2 heterocycles. The smallest absolute Gasteiger partial charge is 0.210 e. The molecule has 0 unspecified atom stereocenters. The van der Waals surface area contributed by atoms with Gasteiger partial charge in [-0.3, -0.25) is 4.79 Å². The van der Waals surface area contributed by atoms with Crippen LogP contribution in [0.25, 0.3) is 0 Å². The molecule has 0 saturated carbocycles. The van der Waals surface area contributed by atoms with Crippen molar-refractivity contribution < 1.29 is 4.79 Å². The van der Waals surface area contributed by atoms with E-state index in [0.717, 1.165) is 25.9 Å². The quantitative estimate of drug-likeness (QED) is 0.609. The maximum atomic E-state index is 11.6.